The average Bonchev–Trinajstić information content (AvgIpc) is 2.52. The minimum absolute atomic E-state index is 0.0777. The Morgan fingerprint density at radius 1 is 1.29 bits per heavy atom. The lowest BCUT2D eigenvalue weighted by atomic mass is 9.96. The lowest BCUT2D eigenvalue weighted by Gasteiger charge is -2.32. The van der Waals surface area contributed by atoms with Crippen LogP contribution in [0, 0.1) is 5.92 Å². The zero-order chi connectivity index (χ0) is 17.7. The van der Waals surface area contributed by atoms with Gasteiger partial charge in [0.15, 0.2) is 0 Å². The van der Waals surface area contributed by atoms with Gasteiger partial charge in [-0.05, 0) is 31.0 Å². The van der Waals surface area contributed by atoms with Gasteiger partial charge in [0, 0.05) is 13.1 Å². The van der Waals surface area contributed by atoms with Gasteiger partial charge >= 0.3 is 6.18 Å². The first-order valence-corrected chi connectivity index (χ1v) is 7.70. The van der Waals surface area contributed by atoms with E-state index in [1.165, 1.54) is 12.1 Å². The molecule has 0 spiro atoms. The number of piperidine rings is 1. The molecular weight excluding hydrogens is 331 g/mol. The molecule has 1 aliphatic rings. The molecule has 1 saturated heterocycles. The highest BCUT2D eigenvalue weighted by molar-refractivity contribution is 5.78. The fraction of sp³-hybridized carbons (Fsp3) is 0.562. The molecule has 0 radical (unpaired) electrons. The van der Waals surface area contributed by atoms with Gasteiger partial charge in [-0.3, -0.25) is 9.69 Å². The lowest BCUT2D eigenvalue weighted by molar-refractivity contribution is -0.138. The highest BCUT2D eigenvalue weighted by Gasteiger charge is 2.34. The summed E-state index contributed by atoms with van der Waals surface area (Å²) in [5.41, 5.74) is -0.534. The molecule has 1 N–H and O–H groups in total. The van der Waals surface area contributed by atoms with Crippen molar-refractivity contribution >= 4 is 5.91 Å². The number of alkyl halides is 5. The smallest absolute Gasteiger partial charge is 0.350 e. The van der Waals surface area contributed by atoms with E-state index in [0.717, 1.165) is 6.07 Å². The summed E-state index contributed by atoms with van der Waals surface area (Å²) in [6, 6.07) is 5.33. The van der Waals surface area contributed by atoms with Crippen LogP contribution >= 0.6 is 0 Å². The quantitative estimate of drug-likeness (QED) is 0.827. The summed E-state index contributed by atoms with van der Waals surface area (Å²) in [4.78, 5) is 13.6. The predicted molar refractivity (Wildman–Crippen MR) is 78.5 cm³/mol. The van der Waals surface area contributed by atoms with Crippen LogP contribution in [0.4, 0.5) is 22.0 Å². The van der Waals surface area contributed by atoms with Gasteiger partial charge in [0.1, 0.15) is 0 Å². The number of rotatable bonds is 5. The molecule has 0 aromatic heterocycles. The lowest BCUT2D eigenvalue weighted by Crippen LogP contribution is -2.43. The minimum atomic E-state index is -4.43. The third-order valence-electron chi connectivity index (χ3n) is 4.02. The van der Waals surface area contributed by atoms with Gasteiger partial charge in [-0.25, -0.2) is 8.78 Å². The number of amides is 1. The largest absolute Gasteiger partial charge is 0.416 e. The van der Waals surface area contributed by atoms with E-state index in [1.807, 2.05) is 0 Å². The Morgan fingerprint density at radius 3 is 2.67 bits per heavy atom. The normalized spacial score (nSPS) is 19.5. The molecular formula is C16H19F5N2O. The summed E-state index contributed by atoms with van der Waals surface area (Å²) < 4.78 is 63.4. The summed E-state index contributed by atoms with van der Waals surface area (Å²) in [6.07, 6.45) is -5.86. The summed E-state index contributed by atoms with van der Waals surface area (Å²) in [5, 5.41) is 2.18. The fourth-order valence-corrected chi connectivity index (χ4v) is 2.91. The van der Waals surface area contributed by atoms with E-state index in [9.17, 15) is 26.7 Å². The van der Waals surface area contributed by atoms with Crippen molar-refractivity contribution in [2.45, 2.75) is 32.0 Å². The Morgan fingerprint density at radius 2 is 2.00 bits per heavy atom. The third kappa shape index (κ3) is 5.15. The van der Waals surface area contributed by atoms with Crippen LogP contribution in [0.1, 0.15) is 24.0 Å². The van der Waals surface area contributed by atoms with Crippen LogP contribution in [-0.4, -0.2) is 36.9 Å². The Balaban J connectivity index is 2.00. The summed E-state index contributed by atoms with van der Waals surface area (Å²) in [5.74, 6) is -0.945. The topological polar surface area (TPSA) is 32.3 Å². The molecule has 1 unspecified atom stereocenters. The van der Waals surface area contributed by atoms with Crippen LogP contribution in [0.2, 0.25) is 0 Å². The van der Waals surface area contributed by atoms with E-state index in [4.69, 9.17) is 0 Å². The molecule has 0 saturated carbocycles. The number of carbonyl (C=O) groups excluding carboxylic acids is 1. The minimum Gasteiger partial charge on any atom is -0.350 e. The number of hydrogen-bond donors (Lipinski definition) is 1. The Hall–Kier alpha value is -1.70. The molecule has 1 amide bonds. The van der Waals surface area contributed by atoms with Crippen molar-refractivity contribution < 1.29 is 26.7 Å². The van der Waals surface area contributed by atoms with Crippen molar-refractivity contribution in [2.75, 3.05) is 19.6 Å². The van der Waals surface area contributed by atoms with Crippen LogP contribution < -0.4 is 5.32 Å². The molecule has 1 heterocycles. The maximum Gasteiger partial charge on any atom is 0.416 e. The SMILES string of the molecule is O=C(NCC(F)F)C1CCCN(Cc2ccccc2C(F)(F)F)C1. The summed E-state index contributed by atoms with van der Waals surface area (Å²) in [6.45, 7) is 0.215. The number of carbonyl (C=O) groups is 1. The molecule has 8 heteroatoms. The number of halogens is 5. The van der Waals surface area contributed by atoms with E-state index >= 15 is 0 Å². The van der Waals surface area contributed by atoms with Crippen LogP contribution in [0.15, 0.2) is 24.3 Å². The van der Waals surface area contributed by atoms with Crippen LogP contribution in [0.25, 0.3) is 0 Å². The number of nitrogens with one attached hydrogen (secondary N) is 1. The number of nitrogens with zero attached hydrogens (tertiary/aromatic N) is 1. The van der Waals surface area contributed by atoms with E-state index < -0.39 is 36.5 Å². The molecule has 0 bridgehead atoms. The van der Waals surface area contributed by atoms with Crippen molar-refractivity contribution in [3.8, 4) is 0 Å². The average molecular weight is 350 g/mol. The zero-order valence-corrected chi connectivity index (χ0v) is 13.0. The summed E-state index contributed by atoms with van der Waals surface area (Å²) in [7, 11) is 0. The van der Waals surface area contributed by atoms with Crippen molar-refractivity contribution in [1.82, 2.24) is 10.2 Å². The predicted octanol–water partition coefficient (Wildman–Crippen LogP) is 3.30. The van der Waals surface area contributed by atoms with Gasteiger partial charge in [-0.15, -0.1) is 0 Å². The second kappa shape index (κ2) is 7.92. The van der Waals surface area contributed by atoms with Crippen LogP contribution in [0.5, 0.6) is 0 Å². The Labute approximate surface area is 136 Å². The Bertz CT molecular complexity index is 562. The number of benzene rings is 1. The zero-order valence-electron chi connectivity index (χ0n) is 13.0. The first kappa shape index (κ1) is 18.6. The molecule has 1 aliphatic heterocycles. The van der Waals surface area contributed by atoms with Crippen molar-refractivity contribution in [3.63, 3.8) is 0 Å². The van der Waals surface area contributed by atoms with Gasteiger partial charge in [0.25, 0.3) is 6.43 Å². The Kier molecular flexibility index (Phi) is 6.15. The molecule has 1 fully saturated rings. The van der Waals surface area contributed by atoms with Crippen molar-refractivity contribution in [2.24, 2.45) is 5.92 Å². The molecule has 24 heavy (non-hydrogen) atoms. The molecule has 0 aliphatic carbocycles. The van der Waals surface area contributed by atoms with Gasteiger partial charge < -0.3 is 5.32 Å². The van der Waals surface area contributed by atoms with Crippen molar-refractivity contribution in [3.05, 3.63) is 35.4 Å². The molecule has 1 aromatic rings. The van der Waals surface area contributed by atoms with Crippen LogP contribution in [-0.2, 0) is 17.5 Å². The van der Waals surface area contributed by atoms with Gasteiger partial charge in [0.05, 0.1) is 18.0 Å². The summed E-state index contributed by atoms with van der Waals surface area (Å²) >= 11 is 0. The first-order chi connectivity index (χ1) is 11.3. The van der Waals surface area contributed by atoms with Gasteiger partial charge in [-0.1, -0.05) is 18.2 Å². The van der Waals surface area contributed by atoms with E-state index in [1.54, 1.807) is 11.0 Å². The second-order valence-electron chi connectivity index (χ2n) is 5.87. The number of hydrogen-bond acceptors (Lipinski definition) is 2. The monoisotopic (exact) mass is 350 g/mol. The van der Waals surface area contributed by atoms with Gasteiger partial charge in [-0.2, -0.15) is 13.2 Å². The molecule has 3 nitrogen and oxygen atoms in total. The molecule has 1 atom stereocenters. The molecule has 134 valence electrons. The second-order valence-corrected chi connectivity index (χ2v) is 5.87. The van der Waals surface area contributed by atoms with E-state index in [2.05, 4.69) is 5.32 Å². The maximum atomic E-state index is 13.0. The highest BCUT2D eigenvalue weighted by atomic mass is 19.4. The van der Waals surface area contributed by atoms with E-state index in [0.29, 0.717) is 19.4 Å². The molecule has 1 aromatic carbocycles. The third-order valence-corrected chi connectivity index (χ3v) is 4.02. The number of likely N-dealkylation sites (tertiary alicyclic amines) is 1. The van der Waals surface area contributed by atoms with Crippen LogP contribution in [0.3, 0.4) is 0 Å². The fourth-order valence-electron chi connectivity index (χ4n) is 2.91. The standard InChI is InChI=1S/C16H19F5N2O/c17-14(18)8-22-15(24)12-5-3-7-23(10-12)9-11-4-1-2-6-13(11)16(19,20)21/h1-2,4,6,12,14H,3,5,7-10H2,(H,22,24). The van der Waals surface area contributed by atoms with Gasteiger partial charge in [0.2, 0.25) is 5.91 Å². The van der Waals surface area contributed by atoms with Crippen molar-refractivity contribution in [1.29, 1.82) is 0 Å². The van der Waals surface area contributed by atoms with E-state index in [-0.39, 0.29) is 18.7 Å². The highest BCUT2D eigenvalue weighted by Crippen LogP contribution is 2.33. The molecule has 2 rings (SSSR count). The first-order valence-electron chi connectivity index (χ1n) is 7.70. The maximum absolute atomic E-state index is 13.0.